The van der Waals surface area contributed by atoms with Gasteiger partial charge in [-0.05, 0) is 18.6 Å². The van der Waals surface area contributed by atoms with Gasteiger partial charge >= 0.3 is 0 Å². The van der Waals surface area contributed by atoms with Gasteiger partial charge in [0.2, 0.25) is 0 Å². The Bertz CT molecular complexity index is 274. The number of nitrogens with zero attached hydrogens (tertiary/aromatic N) is 1. The molecule has 0 fully saturated rings. The van der Waals surface area contributed by atoms with E-state index in [1.54, 1.807) is 11.3 Å². The van der Waals surface area contributed by atoms with Crippen LogP contribution in [-0.2, 0) is 13.0 Å². The first kappa shape index (κ1) is 9.06. The van der Waals surface area contributed by atoms with Crippen LogP contribution in [-0.4, -0.2) is 5.96 Å². The maximum absolute atomic E-state index is 5.21. The summed E-state index contributed by atoms with van der Waals surface area (Å²) in [5, 5.41) is 0. The molecule has 0 saturated heterocycles. The van der Waals surface area contributed by atoms with Crippen molar-refractivity contribution in [3.8, 4) is 0 Å². The van der Waals surface area contributed by atoms with Gasteiger partial charge in [0.25, 0.3) is 0 Å². The third-order valence-electron chi connectivity index (χ3n) is 1.48. The molecule has 0 spiro atoms. The maximum Gasteiger partial charge on any atom is 0.186 e. The van der Waals surface area contributed by atoms with Gasteiger partial charge < -0.3 is 11.5 Å². The molecule has 4 N–H and O–H groups in total. The fraction of sp³-hybridized carbons (Fsp3) is 0.375. The van der Waals surface area contributed by atoms with Crippen molar-refractivity contribution >= 4 is 17.3 Å². The minimum Gasteiger partial charge on any atom is -0.370 e. The van der Waals surface area contributed by atoms with Crippen molar-refractivity contribution in [1.82, 2.24) is 0 Å². The minimum absolute atomic E-state index is 0.154. The fourth-order valence-corrected chi connectivity index (χ4v) is 1.75. The van der Waals surface area contributed by atoms with E-state index in [0.717, 1.165) is 6.42 Å². The zero-order valence-electron chi connectivity index (χ0n) is 7.08. The molecule has 0 atom stereocenters. The monoisotopic (exact) mass is 183 g/mol. The molecular formula is C8H13N3S. The summed E-state index contributed by atoms with van der Waals surface area (Å²) in [7, 11) is 0. The Kier molecular flexibility index (Phi) is 3.10. The zero-order chi connectivity index (χ0) is 8.97. The molecule has 1 aromatic rings. The predicted molar refractivity (Wildman–Crippen MR) is 53.2 cm³/mol. The van der Waals surface area contributed by atoms with Crippen LogP contribution in [0.3, 0.4) is 0 Å². The maximum atomic E-state index is 5.21. The highest BCUT2D eigenvalue weighted by Gasteiger charge is 1.96. The Balaban J connectivity index is 2.58. The quantitative estimate of drug-likeness (QED) is 0.544. The molecule has 0 aliphatic carbocycles. The Hall–Kier alpha value is -1.03. The van der Waals surface area contributed by atoms with Crippen molar-refractivity contribution < 1.29 is 0 Å². The van der Waals surface area contributed by atoms with Gasteiger partial charge in [-0.25, -0.2) is 4.99 Å². The van der Waals surface area contributed by atoms with Crippen LogP contribution in [0.4, 0.5) is 0 Å². The van der Waals surface area contributed by atoms with Gasteiger partial charge in [0, 0.05) is 9.75 Å². The molecule has 0 bridgehead atoms. The second-order valence-corrected chi connectivity index (χ2v) is 3.72. The van der Waals surface area contributed by atoms with Crippen LogP contribution >= 0.6 is 11.3 Å². The number of aliphatic imine (C=N–C) groups is 1. The second-order valence-electron chi connectivity index (χ2n) is 2.46. The normalized spacial score (nSPS) is 9.75. The van der Waals surface area contributed by atoms with E-state index < -0.39 is 0 Å². The Morgan fingerprint density at radius 1 is 1.42 bits per heavy atom. The lowest BCUT2D eigenvalue weighted by molar-refractivity contribution is 1.09. The zero-order valence-corrected chi connectivity index (χ0v) is 7.90. The van der Waals surface area contributed by atoms with Crippen molar-refractivity contribution in [2.45, 2.75) is 19.9 Å². The van der Waals surface area contributed by atoms with Gasteiger partial charge in [-0.3, -0.25) is 0 Å². The topological polar surface area (TPSA) is 64.4 Å². The Morgan fingerprint density at radius 3 is 2.58 bits per heavy atom. The molecule has 0 aliphatic rings. The molecule has 3 nitrogen and oxygen atoms in total. The number of thiophene rings is 1. The summed E-state index contributed by atoms with van der Waals surface area (Å²) in [6, 6.07) is 4.18. The first-order valence-electron chi connectivity index (χ1n) is 3.85. The summed E-state index contributed by atoms with van der Waals surface area (Å²) in [5.74, 6) is 0.154. The van der Waals surface area contributed by atoms with Crippen LogP contribution in [0.25, 0.3) is 0 Å². The summed E-state index contributed by atoms with van der Waals surface area (Å²) in [5.41, 5.74) is 10.4. The molecule has 1 heterocycles. The molecular weight excluding hydrogens is 170 g/mol. The summed E-state index contributed by atoms with van der Waals surface area (Å²) >= 11 is 1.76. The van der Waals surface area contributed by atoms with Crippen LogP contribution in [0.1, 0.15) is 16.7 Å². The van der Waals surface area contributed by atoms with Crippen molar-refractivity contribution in [1.29, 1.82) is 0 Å². The SMILES string of the molecule is CCc1ccc(CN=C(N)N)s1. The minimum atomic E-state index is 0.154. The molecule has 0 saturated carbocycles. The van der Waals surface area contributed by atoms with E-state index >= 15 is 0 Å². The largest absolute Gasteiger partial charge is 0.370 e. The smallest absolute Gasteiger partial charge is 0.186 e. The molecule has 0 amide bonds. The summed E-state index contributed by atoms with van der Waals surface area (Å²) in [6.45, 7) is 2.74. The third kappa shape index (κ3) is 2.54. The summed E-state index contributed by atoms with van der Waals surface area (Å²) < 4.78 is 0. The molecule has 0 unspecified atom stereocenters. The lowest BCUT2D eigenvalue weighted by atomic mass is 10.4. The molecule has 1 aromatic heterocycles. The number of aryl methyl sites for hydroxylation is 1. The van der Waals surface area contributed by atoms with E-state index in [9.17, 15) is 0 Å². The highest BCUT2D eigenvalue weighted by Crippen LogP contribution is 2.17. The number of hydrogen-bond donors (Lipinski definition) is 2. The van der Waals surface area contributed by atoms with E-state index in [4.69, 9.17) is 11.5 Å². The first-order valence-corrected chi connectivity index (χ1v) is 4.67. The number of nitrogens with two attached hydrogens (primary N) is 2. The summed E-state index contributed by atoms with van der Waals surface area (Å²) in [6.07, 6.45) is 1.08. The van der Waals surface area contributed by atoms with Gasteiger partial charge in [0.05, 0.1) is 6.54 Å². The second kappa shape index (κ2) is 4.11. The number of hydrogen-bond acceptors (Lipinski definition) is 2. The highest BCUT2D eigenvalue weighted by molar-refractivity contribution is 7.11. The molecule has 12 heavy (non-hydrogen) atoms. The van der Waals surface area contributed by atoms with E-state index in [1.807, 2.05) is 0 Å². The van der Waals surface area contributed by atoms with Gasteiger partial charge in [-0.1, -0.05) is 6.92 Å². The van der Waals surface area contributed by atoms with Crippen molar-refractivity contribution in [2.24, 2.45) is 16.5 Å². The van der Waals surface area contributed by atoms with Crippen molar-refractivity contribution in [3.63, 3.8) is 0 Å². The molecule has 1 rings (SSSR count). The van der Waals surface area contributed by atoms with E-state index in [-0.39, 0.29) is 5.96 Å². The van der Waals surface area contributed by atoms with Crippen LogP contribution in [0.2, 0.25) is 0 Å². The van der Waals surface area contributed by atoms with Gasteiger partial charge in [0.15, 0.2) is 5.96 Å². The molecule has 0 aromatic carbocycles. The van der Waals surface area contributed by atoms with Crippen molar-refractivity contribution in [2.75, 3.05) is 0 Å². The Morgan fingerprint density at radius 2 is 2.08 bits per heavy atom. The number of rotatable bonds is 3. The Labute approximate surface area is 76.1 Å². The van der Waals surface area contributed by atoms with Gasteiger partial charge in [-0.15, -0.1) is 11.3 Å². The van der Waals surface area contributed by atoms with Gasteiger partial charge in [0.1, 0.15) is 0 Å². The molecule has 66 valence electrons. The standard InChI is InChI=1S/C8H13N3S/c1-2-6-3-4-7(12-6)5-11-8(9)10/h3-4H,2,5H2,1H3,(H4,9,10,11). The van der Waals surface area contributed by atoms with Crippen molar-refractivity contribution in [3.05, 3.63) is 21.9 Å². The molecule has 0 aliphatic heterocycles. The fourth-order valence-electron chi connectivity index (χ4n) is 0.867. The average molecular weight is 183 g/mol. The predicted octanol–water partition coefficient (Wildman–Crippen LogP) is 1.08. The van der Waals surface area contributed by atoms with E-state index in [1.165, 1.54) is 9.75 Å². The first-order chi connectivity index (χ1) is 5.72. The van der Waals surface area contributed by atoms with Crippen LogP contribution in [0, 0.1) is 0 Å². The van der Waals surface area contributed by atoms with Crippen LogP contribution in [0.5, 0.6) is 0 Å². The lowest BCUT2D eigenvalue weighted by Gasteiger charge is -1.90. The highest BCUT2D eigenvalue weighted by atomic mass is 32.1. The van der Waals surface area contributed by atoms with E-state index in [2.05, 4.69) is 24.0 Å². The average Bonchev–Trinajstić information content (AvgIpc) is 2.48. The van der Waals surface area contributed by atoms with E-state index in [0.29, 0.717) is 6.54 Å². The lowest BCUT2D eigenvalue weighted by Crippen LogP contribution is -2.22. The molecule has 0 radical (unpaired) electrons. The van der Waals surface area contributed by atoms with Gasteiger partial charge in [-0.2, -0.15) is 0 Å². The molecule has 4 heteroatoms. The third-order valence-corrected chi connectivity index (χ3v) is 2.70. The van der Waals surface area contributed by atoms with Crippen LogP contribution in [0.15, 0.2) is 17.1 Å². The van der Waals surface area contributed by atoms with Crippen LogP contribution < -0.4 is 11.5 Å². The number of guanidine groups is 1. The summed E-state index contributed by atoms with van der Waals surface area (Å²) in [4.78, 5) is 6.50.